The SMILES string of the molecule is Cc1cc(C)n(-c2nc(NC3CCC(F)(F)CC3)cc(C(C)O)n2)n1. The average Bonchev–Trinajstić information content (AvgIpc) is 2.88. The van der Waals surface area contributed by atoms with Gasteiger partial charge in [-0.1, -0.05) is 0 Å². The molecule has 3 rings (SSSR count). The summed E-state index contributed by atoms with van der Waals surface area (Å²) >= 11 is 0. The van der Waals surface area contributed by atoms with E-state index in [-0.39, 0.29) is 18.9 Å². The van der Waals surface area contributed by atoms with E-state index in [9.17, 15) is 13.9 Å². The second-order valence-corrected chi connectivity index (χ2v) is 6.77. The van der Waals surface area contributed by atoms with Crippen molar-refractivity contribution in [2.45, 2.75) is 64.5 Å². The Hall–Kier alpha value is -2.09. The Morgan fingerprint density at radius 1 is 1.24 bits per heavy atom. The molecular formula is C17H23F2N5O. The molecule has 2 heterocycles. The van der Waals surface area contributed by atoms with Crippen molar-refractivity contribution in [3.8, 4) is 5.95 Å². The van der Waals surface area contributed by atoms with Crippen molar-refractivity contribution >= 4 is 5.82 Å². The highest BCUT2D eigenvalue weighted by atomic mass is 19.3. The first kappa shape index (κ1) is 17.7. The zero-order valence-electron chi connectivity index (χ0n) is 14.6. The van der Waals surface area contributed by atoms with Gasteiger partial charge in [-0.2, -0.15) is 10.1 Å². The normalized spacial score (nSPS) is 19.0. The molecule has 0 amide bonds. The van der Waals surface area contributed by atoms with Crippen LogP contribution in [0.4, 0.5) is 14.6 Å². The summed E-state index contributed by atoms with van der Waals surface area (Å²) in [5.74, 6) is -1.69. The second-order valence-electron chi connectivity index (χ2n) is 6.77. The predicted octanol–water partition coefficient (Wildman–Crippen LogP) is 3.32. The number of alkyl halides is 2. The fourth-order valence-electron chi connectivity index (χ4n) is 3.06. The molecule has 0 saturated heterocycles. The minimum atomic E-state index is -2.57. The maximum absolute atomic E-state index is 13.3. The first-order valence-electron chi connectivity index (χ1n) is 8.48. The Bertz CT molecular complexity index is 749. The molecule has 1 aliphatic rings. The topological polar surface area (TPSA) is 75.9 Å². The number of rotatable bonds is 4. The molecule has 1 aliphatic carbocycles. The van der Waals surface area contributed by atoms with Crippen LogP contribution < -0.4 is 5.32 Å². The number of nitrogens with one attached hydrogen (secondary N) is 1. The number of hydrogen-bond donors (Lipinski definition) is 2. The summed E-state index contributed by atoms with van der Waals surface area (Å²) in [4.78, 5) is 8.84. The van der Waals surface area contributed by atoms with Gasteiger partial charge < -0.3 is 10.4 Å². The molecule has 8 heteroatoms. The molecule has 136 valence electrons. The quantitative estimate of drug-likeness (QED) is 0.884. The number of halogens is 2. The van der Waals surface area contributed by atoms with Gasteiger partial charge in [-0.15, -0.1) is 0 Å². The van der Waals surface area contributed by atoms with Crippen LogP contribution in [0.5, 0.6) is 0 Å². The number of aryl methyl sites for hydroxylation is 2. The molecule has 0 aliphatic heterocycles. The Morgan fingerprint density at radius 3 is 2.48 bits per heavy atom. The third-order valence-corrected chi connectivity index (χ3v) is 4.43. The van der Waals surface area contributed by atoms with Crippen molar-refractivity contribution in [2.24, 2.45) is 0 Å². The Morgan fingerprint density at radius 2 is 1.92 bits per heavy atom. The van der Waals surface area contributed by atoms with Gasteiger partial charge >= 0.3 is 0 Å². The van der Waals surface area contributed by atoms with E-state index in [0.717, 1.165) is 11.4 Å². The molecular weight excluding hydrogens is 328 g/mol. The highest BCUT2D eigenvalue weighted by Gasteiger charge is 2.35. The predicted molar refractivity (Wildman–Crippen MR) is 90.1 cm³/mol. The van der Waals surface area contributed by atoms with E-state index in [1.54, 1.807) is 17.7 Å². The van der Waals surface area contributed by atoms with Crippen LogP contribution in [0.2, 0.25) is 0 Å². The first-order valence-corrected chi connectivity index (χ1v) is 8.48. The van der Waals surface area contributed by atoms with Gasteiger partial charge in [-0.3, -0.25) is 0 Å². The van der Waals surface area contributed by atoms with Crippen molar-refractivity contribution in [1.82, 2.24) is 19.7 Å². The van der Waals surface area contributed by atoms with E-state index < -0.39 is 12.0 Å². The van der Waals surface area contributed by atoms with Crippen LogP contribution in [0.25, 0.3) is 5.95 Å². The summed E-state index contributed by atoms with van der Waals surface area (Å²) in [7, 11) is 0. The minimum absolute atomic E-state index is 0.0651. The molecule has 0 bridgehead atoms. The molecule has 2 aromatic heterocycles. The lowest BCUT2D eigenvalue weighted by molar-refractivity contribution is -0.0361. The molecule has 0 radical (unpaired) electrons. The molecule has 25 heavy (non-hydrogen) atoms. The van der Waals surface area contributed by atoms with Gasteiger partial charge in [-0.25, -0.2) is 18.4 Å². The average molecular weight is 351 g/mol. The molecule has 0 aromatic carbocycles. The minimum Gasteiger partial charge on any atom is -0.387 e. The largest absolute Gasteiger partial charge is 0.387 e. The van der Waals surface area contributed by atoms with Gasteiger partial charge in [0.15, 0.2) is 0 Å². The van der Waals surface area contributed by atoms with Crippen molar-refractivity contribution in [1.29, 1.82) is 0 Å². The fourth-order valence-corrected chi connectivity index (χ4v) is 3.06. The van der Waals surface area contributed by atoms with Gasteiger partial charge in [-0.05, 0) is 39.7 Å². The van der Waals surface area contributed by atoms with Crippen LogP contribution >= 0.6 is 0 Å². The number of hydrogen-bond acceptors (Lipinski definition) is 5. The van der Waals surface area contributed by atoms with Crippen LogP contribution in [0.1, 0.15) is 55.8 Å². The second kappa shape index (κ2) is 6.67. The lowest BCUT2D eigenvalue weighted by atomic mass is 9.92. The van der Waals surface area contributed by atoms with Gasteiger partial charge in [0, 0.05) is 30.6 Å². The smallest absolute Gasteiger partial charge is 0.253 e. The van der Waals surface area contributed by atoms with Crippen molar-refractivity contribution in [3.63, 3.8) is 0 Å². The Balaban J connectivity index is 1.87. The molecule has 1 fully saturated rings. The number of nitrogens with zero attached hydrogens (tertiary/aromatic N) is 4. The van der Waals surface area contributed by atoms with E-state index in [1.807, 2.05) is 19.9 Å². The van der Waals surface area contributed by atoms with Crippen molar-refractivity contribution in [3.05, 3.63) is 29.2 Å². The number of anilines is 1. The molecule has 1 unspecified atom stereocenters. The molecule has 0 spiro atoms. The molecule has 2 aromatic rings. The summed E-state index contributed by atoms with van der Waals surface area (Å²) in [6, 6.07) is 3.51. The molecule has 1 saturated carbocycles. The van der Waals surface area contributed by atoms with E-state index in [0.29, 0.717) is 30.3 Å². The summed E-state index contributed by atoms with van der Waals surface area (Å²) in [6.07, 6.45) is -0.242. The summed E-state index contributed by atoms with van der Waals surface area (Å²) in [6.45, 7) is 5.40. The van der Waals surface area contributed by atoms with Gasteiger partial charge in [0.05, 0.1) is 17.5 Å². The standard InChI is InChI=1S/C17H23F2N5O/c1-10-8-11(2)24(23-10)16-21-14(12(3)25)9-15(22-16)20-13-4-6-17(18,19)7-5-13/h8-9,12-13,25H,4-7H2,1-3H3,(H,20,21,22). The summed E-state index contributed by atoms with van der Waals surface area (Å²) in [5.41, 5.74) is 2.18. The third kappa shape index (κ3) is 4.12. The van der Waals surface area contributed by atoms with Crippen LogP contribution in [-0.2, 0) is 0 Å². The molecule has 2 N–H and O–H groups in total. The Labute approximate surface area is 145 Å². The summed E-state index contributed by atoms with van der Waals surface area (Å²) in [5, 5.41) is 17.5. The molecule has 1 atom stereocenters. The van der Waals surface area contributed by atoms with E-state index >= 15 is 0 Å². The van der Waals surface area contributed by atoms with E-state index in [2.05, 4.69) is 20.4 Å². The first-order chi connectivity index (χ1) is 11.7. The number of aliphatic hydroxyl groups excluding tert-OH is 1. The van der Waals surface area contributed by atoms with Crippen LogP contribution in [0.15, 0.2) is 12.1 Å². The summed E-state index contributed by atoms with van der Waals surface area (Å²) < 4.78 is 28.3. The van der Waals surface area contributed by atoms with Crippen LogP contribution in [-0.4, -0.2) is 36.8 Å². The maximum Gasteiger partial charge on any atom is 0.253 e. The third-order valence-electron chi connectivity index (χ3n) is 4.43. The molecule has 6 nitrogen and oxygen atoms in total. The van der Waals surface area contributed by atoms with E-state index in [1.165, 1.54) is 0 Å². The van der Waals surface area contributed by atoms with Crippen molar-refractivity contribution < 1.29 is 13.9 Å². The van der Waals surface area contributed by atoms with Gasteiger partial charge in [0.25, 0.3) is 5.95 Å². The zero-order chi connectivity index (χ0) is 18.2. The fraction of sp³-hybridized carbons (Fsp3) is 0.588. The van der Waals surface area contributed by atoms with Crippen LogP contribution in [0.3, 0.4) is 0 Å². The zero-order valence-corrected chi connectivity index (χ0v) is 14.6. The van der Waals surface area contributed by atoms with Gasteiger partial charge in [0.2, 0.25) is 5.92 Å². The van der Waals surface area contributed by atoms with Crippen molar-refractivity contribution in [2.75, 3.05) is 5.32 Å². The highest BCUT2D eigenvalue weighted by molar-refractivity contribution is 5.41. The number of aliphatic hydroxyl groups is 1. The lowest BCUT2D eigenvalue weighted by Crippen LogP contribution is -2.32. The van der Waals surface area contributed by atoms with Gasteiger partial charge in [0.1, 0.15) is 5.82 Å². The number of aromatic nitrogens is 4. The highest BCUT2D eigenvalue weighted by Crippen LogP contribution is 2.34. The lowest BCUT2D eigenvalue weighted by Gasteiger charge is -2.29. The maximum atomic E-state index is 13.3. The monoisotopic (exact) mass is 351 g/mol. The Kier molecular flexibility index (Phi) is 4.73. The van der Waals surface area contributed by atoms with E-state index in [4.69, 9.17) is 0 Å². The van der Waals surface area contributed by atoms with Crippen LogP contribution in [0, 0.1) is 13.8 Å².